The summed E-state index contributed by atoms with van der Waals surface area (Å²) in [7, 11) is 0. The molecular weight excluding hydrogens is 515 g/mol. The lowest BCUT2D eigenvalue weighted by Gasteiger charge is -2.40. The number of benzene rings is 2. The maximum Gasteiger partial charge on any atom is 0.312 e. The van der Waals surface area contributed by atoms with E-state index < -0.39 is 17.6 Å². The number of rotatable bonds is 6. The number of carbonyl (C=O) groups is 2. The zero-order valence-corrected chi connectivity index (χ0v) is 23.1. The topological polar surface area (TPSA) is 99.5 Å². The van der Waals surface area contributed by atoms with Crippen molar-refractivity contribution in [2.75, 3.05) is 39.4 Å². The van der Waals surface area contributed by atoms with Gasteiger partial charge >= 0.3 is 5.97 Å². The summed E-state index contributed by atoms with van der Waals surface area (Å²) in [5.41, 5.74) is 0.602. The third-order valence-electron chi connectivity index (χ3n) is 8.10. The summed E-state index contributed by atoms with van der Waals surface area (Å²) in [5, 5.41) is 21.0. The number of hydrogen-bond donors (Lipinski definition) is 2. The van der Waals surface area contributed by atoms with Gasteiger partial charge in [-0.3, -0.25) is 14.5 Å². The standard InChI is InChI=1S/C31H41FN2O6/c32-25-8-10-26(11-9-25)39-21-13-29(37)34-17-5-4-14-31(30(38)40-23-28(36)27(35)12-18-34)15-19-33(20-16-31)22-24-6-2-1-3-7-24/h1-3,6-11,27-28,35-36H,4-5,12-23H2/t27-,28+/m0/s1. The predicted molar refractivity (Wildman–Crippen MR) is 148 cm³/mol. The van der Waals surface area contributed by atoms with Crippen molar-refractivity contribution < 1.29 is 33.7 Å². The van der Waals surface area contributed by atoms with Crippen molar-refractivity contribution in [1.82, 2.24) is 9.80 Å². The molecule has 0 saturated carbocycles. The van der Waals surface area contributed by atoms with Crippen LogP contribution in [0.5, 0.6) is 5.75 Å². The Morgan fingerprint density at radius 2 is 1.68 bits per heavy atom. The second-order valence-corrected chi connectivity index (χ2v) is 11.0. The number of esters is 1. The fraction of sp³-hybridized carbons (Fsp3) is 0.548. The van der Waals surface area contributed by atoms with E-state index in [1.54, 1.807) is 4.90 Å². The molecule has 8 nitrogen and oxygen atoms in total. The Morgan fingerprint density at radius 1 is 0.950 bits per heavy atom. The van der Waals surface area contributed by atoms with E-state index in [-0.39, 0.29) is 50.3 Å². The van der Waals surface area contributed by atoms with Gasteiger partial charge in [0.2, 0.25) is 5.91 Å². The summed E-state index contributed by atoms with van der Waals surface area (Å²) in [4.78, 5) is 30.4. The minimum absolute atomic E-state index is 0.116. The molecule has 2 heterocycles. The van der Waals surface area contributed by atoms with Crippen molar-refractivity contribution in [1.29, 1.82) is 0 Å². The number of amides is 1. The highest BCUT2D eigenvalue weighted by Gasteiger charge is 2.42. The zero-order valence-electron chi connectivity index (χ0n) is 23.1. The summed E-state index contributed by atoms with van der Waals surface area (Å²) in [6.07, 6.45) is 1.42. The van der Waals surface area contributed by atoms with E-state index in [1.807, 2.05) is 18.2 Å². The highest BCUT2D eigenvalue weighted by molar-refractivity contribution is 5.77. The molecule has 2 aromatic carbocycles. The fourth-order valence-electron chi connectivity index (χ4n) is 5.52. The Bertz CT molecular complexity index is 1070. The number of aliphatic hydroxyl groups is 2. The molecule has 1 amide bonds. The second kappa shape index (κ2) is 14.6. The van der Waals surface area contributed by atoms with Gasteiger partial charge in [0.25, 0.3) is 0 Å². The molecule has 2 fully saturated rings. The Kier molecular flexibility index (Phi) is 10.9. The molecule has 2 atom stereocenters. The molecule has 4 rings (SSSR count). The van der Waals surface area contributed by atoms with Gasteiger partial charge in [0.1, 0.15) is 24.3 Å². The predicted octanol–water partition coefficient (Wildman–Crippen LogP) is 3.54. The summed E-state index contributed by atoms with van der Waals surface area (Å²) >= 11 is 0. The normalized spacial score (nSPS) is 23.0. The number of piperidine rings is 1. The fourth-order valence-corrected chi connectivity index (χ4v) is 5.52. The van der Waals surface area contributed by atoms with Crippen LogP contribution in [0.3, 0.4) is 0 Å². The summed E-state index contributed by atoms with van der Waals surface area (Å²) < 4.78 is 24.3. The maximum atomic E-state index is 13.3. The van der Waals surface area contributed by atoms with Crippen LogP contribution in [0.4, 0.5) is 4.39 Å². The average Bonchev–Trinajstić information content (AvgIpc) is 2.97. The summed E-state index contributed by atoms with van der Waals surface area (Å²) in [6.45, 7) is 3.02. The molecule has 0 radical (unpaired) electrons. The van der Waals surface area contributed by atoms with Gasteiger partial charge in [-0.15, -0.1) is 0 Å². The van der Waals surface area contributed by atoms with Crippen LogP contribution in [0.15, 0.2) is 54.6 Å². The zero-order chi connectivity index (χ0) is 28.4. The number of aliphatic hydroxyl groups excluding tert-OH is 2. The molecule has 0 bridgehead atoms. The Labute approximate surface area is 235 Å². The molecule has 2 aliphatic heterocycles. The third kappa shape index (κ3) is 8.49. The van der Waals surface area contributed by atoms with E-state index in [2.05, 4.69) is 17.0 Å². The van der Waals surface area contributed by atoms with Crippen molar-refractivity contribution in [2.24, 2.45) is 5.41 Å². The van der Waals surface area contributed by atoms with Crippen molar-refractivity contribution in [3.8, 4) is 5.75 Å². The molecule has 0 unspecified atom stereocenters. The van der Waals surface area contributed by atoms with Crippen LogP contribution >= 0.6 is 0 Å². The smallest absolute Gasteiger partial charge is 0.312 e. The molecular formula is C31H41FN2O6. The summed E-state index contributed by atoms with van der Waals surface area (Å²) in [5.74, 6) is -0.286. The first kappa shape index (κ1) is 30.0. The van der Waals surface area contributed by atoms with Gasteiger partial charge in [-0.1, -0.05) is 36.8 Å². The minimum atomic E-state index is -1.22. The lowest BCUT2D eigenvalue weighted by molar-refractivity contribution is -0.165. The largest absolute Gasteiger partial charge is 0.493 e. The van der Waals surface area contributed by atoms with Crippen molar-refractivity contribution in [2.45, 2.75) is 63.7 Å². The van der Waals surface area contributed by atoms with Crippen LogP contribution in [0.2, 0.25) is 0 Å². The first-order chi connectivity index (χ1) is 19.3. The third-order valence-corrected chi connectivity index (χ3v) is 8.10. The quantitative estimate of drug-likeness (QED) is 0.525. The molecule has 218 valence electrons. The summed E-state index contributed by atoms with van der Waals surface area (Å²) in [6, 6.07) is 15.9. The number of likely N-dealkylation sites (tertiary alicyclic amines) is 1. The monoisotopic (exact) mass is 556 g/mol. The highest BCUT2D eigenvalue weighted by Crippen LogP contribution is 2.38. The van der Waals surface area contributed by atoms with Crippen molar-refractivity contribution in [3.63, 3.8) is 0 Å². The SMILES string of the molecule is O=C(CCOc1ccc(F)cc1)N1CCCCC2(CCN(Cc3ccccc3)CC2)C(=O)OC[C@@H](O)[C@@H](O)CC1. The molecule has 2 saturated heterocycles. The number of cyclic esters (lactones) is 1. The van der Waals surface area contributed by atoms with Gasteiger partial charge in [-0.05, 0) is 75.0 Å². The van der Waals surface area contributed by atoms with Crippen LogP contribution in [-0.2, 0) is 20.9 Å². The molecule has 1 spiro atoms. The van der Waals surface area contributed by atoms with E-state index >= 15 is 0 Å². The number of ether oxygens (including phenoxy) is 2. The maximum absolute atomic E-state index is 13.3. The van der Waals surface area contributed by atoms with E-state index in [0.717, 1.165) is 26.1 Å². The molecule has 9 heteroatoms. The van der Waals surface area contributed by atoms with Gasteiger partial charge in [0.15, 0.2) is 0 Å². The van der Waals surface area contributed by atoms with Crippen molar-refractivity contribution >= 4 is 11.9 Å². The lowest BCUT2D eigenvalue weighted by atomic mass is 9.74. The van der Waals surface area contributed by atoms with Gasteiger partial charge in [-0.25, -0.2) is 4.39 Å². The molecule has 2 aromatic rings. The lowest BCUT2D eigenvalue weighted by Crippen LogP contribution is -2.45. The number of hydrogen-bond acceptors (Lipinski definition) is 7. The van der Waals surface area contributed by atoms with Crippen LogP contribution in [0, 0.1) is 11.2 Å². The number of carbonyl (C=O) groups excluding carboxylic acids is 2. The van der Waals surface area contributed by atoms with Gasteiger partial charge in [-0.2, -0.15) is 0 Å². The van der Waals surface area contributed by atoms with Crippen LogP contribution < -0.4 is 4.74 Å². The molecule has 0 aromatic heterocycles. The molecule has 2 N–H and O–H groups in total. The first-order valence-corrected chi connectivity index (χ1v) is 14.3. The van der Waals surface area contributed by atoms with Crippen LogP contribution in [0.1, 0.15) is 50.5 Å². The molecule has 2 aliphatic rings. The Hall–Kier alpha value is -3.01. The first-order valence-electron chi connectivity index (χ1n) is 14.3. The van der Waals surface area contributed by atoms with E-state index in [0.29, 0.717) is 38.0 Å². The van der Waals surface area contributed by atoms with Crippen LogP contribution in [0.25, 0.3) is 0 Å². The van der Waals surface area contributed by atoms with Gasteiger partial charge in [0, 0.05) is 19.6 Å². The van der Waals surface area contributed by atoms with E-state index in [4.69, 9.17) is 9.47 Å². The van der Waals surface area contributed by atoms with Gasteiger partial charge < -0.3 is 24.6 Å². The van der Waals surface area contributed by atoms with Crippen LogP contribution in [-0.4, -0.2) is 83.5 Å². The second-order valence-electron chi connectivity index (χ2n) is 11.0. The Morgan fingerprint density at radius 3 is 2.40 bits per heavy atom. The molecule has 0 aliphatic carbocycles. The Balaban J connectivity index is 1.34. The average molecular weight is 557 g/mol. The highest BCUT2D eigenvalue weighted by atomic mass is 19.1. The number of nitrogens with zero attached hydrogens (tertiary/aromatic N) is 2. The van der Waals surface area contributed by atoms with Crippen molar-refractivity contribution in [3.05, 3.63) is 66.0 Å². The van der Waals surface area contributed by atoms with Gasteiger partial charge in [0.05, 0.1) is 24.5 Å². The molecule has 40 heavy (non-hydrogen) atoms. The van der Waals surface area contributed by atoms with E-state index in [9.17, 15) is 24.2 Å². The minimum Gasteiger partial charge on any atom is -0.493 e. The number of halogens is 1. The van der Waals surface area contributed by atoms with E-state index in [1.165, 1.54) is 29.8 Å².